The van der Waals surface area contributed by atoms with Crippen LogP contribution in [0.2, 0.25) is 0 Å². The van der Waals surface area contributed by atoms with Crippen LogP contribution in [-0.4, -0.2) is 27.5 Å². The number of benzene rings is 1. The molecule has 108 valence electrons. The molecule has 1 amide bonds. The summed E-state index contributed by atoms with van der Waals surface area (Å²) in [5.41, 5.74) is 1.50. The monoisotopic (exact) mass is 296 g/mol. The normalized spacial score (nSPS) is 14.3. The number of sulfonamides is 1. The molecule has 7 heteroatoms. The van der Waals surface area contributed by atoms with Crippen molar-refractivity contribution in [2.45, 2.75) is 17.7 Å². The molecule has 2 rings (SSSR count). The third-order valence-electron chi connectivity index (χ3n) is 2.91. The van der Waals surface area contributed by atoms with E-state index in [4.69, 9.17) is 4.74 Å². The van der Waals surface area contributed by atoms with Gasteiger partial charge in [0.25, 0.3) is 0 Å². The number of carbonyl (C=O) groups is 1. The Morgan fingerprint density at radius 3 is 2.95 bits per heavy atom. The number of fused-ring (bicyclic) bond motifs is 1. The number of hydrogen-bond donors (Lipinski definition) is 2. The number of hydrogen-bond acceptors (Lipinski definition) is 4. The first kappa shape index (κ1) is 14.5. The van der Waals surface area contributed by atoms with Gasteiger partial charge in [0, 0.05) is 18.7 Å². The summed E-state index contributed by atoms with van der Waals surface area (Å²) < 4.78 is 31.4. The van der Waals surface area contributed by atoms with Crippen molar-refractivity contribution in [1.82, 2.24) is 4.72 Å². The van der Waals surface area contributed by atoms with Crippen LogP contribution in [-0.2, 0) is 26.0 Å². The van der Waals surface area contributed by atoms with E-state index >= 15 is 0 Å². The van der Waals surface area contributed by atoms with Gasteiger partial charge in [-0.2, -0.15) is 0 Å². The SMILES string of the molecule is C=COCCNS(=O)(=O)c1ccc2c(c1)CCC(=O)N2. The number of carbonyl (C=O) groups excluding carboxylic acids is 1. The summed E-state index contributed by atoms with van der Waals surface area (Å²) >= 11 is 0. The summed E-state index contributed by atoms with van der Waals surface area (Å²) in [7, 11) is -3.56. The van der Waals surface area contributed by atoms with Gasteiger partial charge >= 0.3 is 0 Å². The molecule has 0 radical (unpaired) electrons. The van der Waals surface area contributed by atoms with E-state index in [1.165, 1.54) is 12.3 Å². The molecule has 1 aliphatic rings. The second kappa shape index (κ2) is 6.06. The summed E-state index contributed by atoms with van der Waals surface area (Å²) in [6, 6.07) is 4.67. The van der Waals surface area contributed by atoms with E-state index in [1.54, 1.807) is 12.1 Å². The lowest BCUT2D eigenvalue weighted by Crippen LogP contribution is -2.27. The number of anilines is 1. The molecule has 0 aliphatic carbocycles. The fourth-order valence-corrected chi connectivity index (χ4v) is 2.99. The van der Waals surface area contributed by atoms with Crippen LogP contribution in [0.1, 0.15) is 12.0 Å². The quantitative estimate of drug-likeness (QED) is 0.606. The van der Waals surface area contributed by atoms with Gasteiger partial charge in [0.05, 0.1) is 11.2 Å². The molecule has 6 nitrogen and oxygen atoms in total. The molecular weight excluding hydrogens is 280 g/mol. The summed E-state index contributed by atoms with van der Waals surface area (Å²) in [4.78, 5) is 11.4. The molecule has 0 spiro atoms. The molecule has 0 saturated carbocycles. The fraction of sp³-hybridized carbons (Fsp3) is 0.308. The molecule has 1 aromatic rings. The van der Waals surface area contributed by atoms with Gasteiger partial charge in [-0.05, 0) is 30.2 Å². The van der Waals surface area contributed by atoms with Crippen molar-refractivity contribution in [1.29, 1.82) is 0 Å². The number of amides is 1. The summed E-state index contributed by atoms with van der Waals surface area (Å²) in [6.07, 6.45) is 2.18. The predicted molar refractivity (Wildman–Crippen MR) is 74.7 cm³/mol. The van der Waals surface area contributed by atoms with Gasteiger partial charge in [0.2, 0.25) is 15.9 Å². The third kappa shape index (κ3) is 3.37. The van der Waals surface area contributed by atoms with Crippen LogP contribution in [0.25, 0.3) is 0 Å². The Morgan fingerprint density at radius 2 is 2.20 bits per heavy atom. The first-order valence-corrected chi connectivity index (χ1v) is 7.66. The van der Waals surface area contributed by atoms with Gasteiger partial charge in [0.15, 0.2) is 0 Å². The lowest BCUT2D eigenvalue weighted by molar-refractivity contribution is -0.116. The Balaban J connectivity index is 2.12. The topological polar surface area (TPSA) is 84.5 Å². The number of nitrogens with one attached hydrogen (secondary N) is 2. The largest absolute Gasteiger partial charge is 0.500 e. The number of rotatable bonds is 6. The lowest BCUT2D eigenvalue weighted by Gasteiger charge is -2.17. The second-order valence-corrected chi connectivity index (χ2v) is 6.07. The zero-order valence-electron chi connectivity index (χ0n) is 10.9. The van der Waals surface area contributed by atoms with E-state index in [0.717, 1.165) is 5.56 Å². The van der Waals surface area contributed by atoms with Crippen LogP contribution in [0, 0.1) is 0 Å². The third-order valence-corrected chi connectivity index (χ3v) is 4.37. The second-order valence-electron chi connectivity index (χ2n) is 4.30. The van der Waals surface area contributed by atoms with Crippen molar-refractivity contribution in [2.24, 2.45) is 0 Å². The Kier molecular flexibility index (Phi) is 4.41. The maximum atomic E-state index is 12.1. The molecule has 1 aromatic carbocycles. The zero-order chi connectivity index (χ0) is 14.6. The maximum Gasteiger partial charge on any atom is 0.240 e. The van der Waals surface area contributed by atoms with Crippen LogP contribution in [0.5, 0.6) is 0 Å². The number of ether oxygens (including phenoxy) is 1. The Labute approximate surface area is 117 Å². The van der Waals surface area contributed by atoms with Crippen LogP contribution in [0.4, 0.5) is 5.69 Å². The molecule has 0 saturated heterocycles. The van der Waals surface area contributed by atoms with E-state index in [1.807, 2.05) is 0 Å². The van der Waals surface area contributed by atoms with Crippen molar-refractivity contribution in [3.05, 3.63) is 36.6 Å². The predicted octanol–water partition coefficient (Wildman–Crippen LogP) is 1.01. The minimum absolute atomic E-state index is 0.0483. The molecule has 0 fully saturated rings. The molecule has 1 aliphatic heterocycles. The van der Waals surface area contributed by atoms with Gasteiger partial charge in [-0.25, -0.2) is 13.1 Å². The van der Waals surface area contributed by atoms with Gasteiger partial charge in [0.1, 0.15) is 6.61 Å². The van der Waals surface area contributed by atoms with E-state index in [-0.39, 0.29) is 24.0 Å². The van der Waals surface area contributed by atoms with Crippen molar-refractivity contribution in [2.75, 3.05) is 18.5 Å². The summed E-state index contributed by atoms with van der Waals surface area (Å²) in [6.45, 7) is 3.77. The Bertz CT molecular complexity index is 625. The minimum atomic E-state index is -3.56. The van der Waals surface area contributed by atoms with Crippen LogP contribution in [0.15, 0.2) is 35.9 Å². The number of aryl methyl sites for hydroxylation is 1. The van der Waals surface area contributed by atoms with Gasteiger partial charge in [-0.15, -0.1) is 0 Å². The van der Waals surface area contributed by atoms with E-state index in [2.05, 4.69) is 16.6 Å². The first-order valence-electron chi connectivity index (χ1n) is 6.18. The van der Waals surface area contributed by atoms with E-state index < -0.39 is 10.0 Å². The van der Waals surface area contributed by atoms with E-state index in [0.29, 0.717) is 18.5 Å². The molecular formula is C13H16N2O4S. The minimum Gasteiger partial charge on any atom is -0.500 e. The van der Waals surface area contributed by atoms with Crippen molar-refractivity contribution >= 4 is 21.6 Å². The molecule has 20 heavy (non-hydrogen) atoms. The average molecular weight is 296 g/mol. The van der Waals surface area contributed by atoms with Gasteiger partial charge in [-0.3, -0.25) is 4.79 Å². The smallest absolute Gasteiger partial charge is 0.240 e. The standard InChI is InChI=1S/C13H16N2O4S/c1-2-19-8-7-14-20(17,18)11-4-5-12-10(9-11)3-6-13(16)15-12/h2,4-5,9,14H,1,3,6-8H2,(H,15,16). The highest BCUT2D eigenvalue weighted by Gasteiger charge is 2.19. The molecule has 0 aromatic heterocycles. The fourth-order valence-electron chi connectivity index (χ4n) is 1.93. The highest BCUT2D eigenvalue weighted by atomic mass is 32.2. The lowest BCUT2D eigenvalue weighted by atomic mass is 10.0. The summed E-state index contributed by atoms with van der Waals surface area (Å²) in [5, 5.41) is 2.71. The molecule has 0 unspecified atom stereocenters. The molecule has 0 bridgehead atoms. The first-order chi connectivity index (χ1) is 9.53. The maximum absolute atomic E-state index is 12.1. The van der Waals surface area contributed by atoms with Crippen LogP contribution in [0.3, 0.4) is 0 Å². The molecule has 0 atom stereocenters. The Morgan fingerprint density at radius 1 is 1.40 bits per heavy atom. The summed E-state index contributed by atoms with van der Waals surface area (Å²) in [5.74, 6) is -0.0483. The highest BCUT2D eigenvalue weighted by Crippen LogP contribution is 2.25. The van der Waals surface area contributed by atoms with Crippen LogP contribution >= 0.6 is 0 Å². The average Bonchev–Trinajstić information content (AvgIpc) is 2.43. The van der Waals surface area contributed by atoms with Crippen molar-refractivity contribution in [3.63, 3.8) is 0 Å². The molecule has 2 N–H and O–H groups in total. The van der Waals surface area contributed by atoms with E-state index in [9.17, 15) is 13.2 Å². The zero-order valence-corrected chi connectivity index (χ0v) is 11.7. The van der Waals surface area contributed by atoms with Crippen molar-refractivity contribution in [3.8, 4) is 0 Å². The van der Waals surface area contributed by atoms with Gasteiger partial charge < -0.3 is 10.1 Å². The highest BCUT2D eigenvalue weighted by molar-refractivity contribution is 7.89. The van der Waals surface area contributed by atoms with Gasteiger partial charge in [-0.1, -0.05) is 6.58 Å². The van der Waals surface area contributed by atoms with Crippen LogP contribution < -0.4 is 10.0 Å². The van der Waals surface area contributed by atoms with Crippen molar-refractivity contribution < 1.29 is 17.9 Å². The molecule has 1 heterocycles. The Hall–Kier alpha value is -1.86.